The van der Waals surface area contributed by atoms with Gasteiger partial charge in [-0.05, 0) is 34.9 Å². The van der Waals surface area contributed by atoms with E-state index in [9.17, 15) is 4.79 Å². The summed E-state index contributed by atoms with van der Waals surface area (Å²) >= 11 is 6.58. The number of carbonyl (C=O) groups excluding carboxylic acids is 1. The van der Waals surface area contributed by atoms with Crippen LogP contribution in [0.2, 0.25) is 5.02 Å². The minimum atomic E-state index is -0.179. The van der Waals surface area contributed by atoms with Crippen molar-refractivity contribution in [3.05, 3.63) is 88.1 Å². The van der Waals surface area contributed by atoms with Gasteiger partial charge in [0.15, 0.2) is 5.78 Å². The zero-order chi connectivity index (χ0) is 17.7. The second-order valence-corrected chi connectivity index (χ2v) is 7.28. The zero-order valence-electron chi connectivity index (χ0n) is 14.2. The third-order valence-electron chi connectivity index (χ3n) is 5.37. The Kier molecular flexibility index (Phi) is 3.61. The molecule has 0 aromatic heterocycles. The molecule has 1 unspecified atom stereocenters. The fourth-order valence-electron chi connectivity index (χ4n) is 4.22. The van der Waals surface area contributed by atoms with Gasteiger partial charge >= 0.3 is 0 Å². The molecule has 5 rings (SSSR count). The molecule has 128 valence electrons. The van der Waals surface area contributed by atoms with E-state index in [0.29, 0.717) is 11.4 Å². The van der Waals surface area contributed by atoms with E-state index in [1.165, 1.54) is 0 Å². The molecular formula is C23H17ClO2. The van der Waals surface area contributed by atoms with Gasteiger partial charge in [0.2, 0.25) is 0 Å². The summed E-state index contributed by atoms with van der Waals surface area (Å²) < 4.78 is 6.22. The summed E-state index contributed by atoms with van der Waals surface area (Å²) in [5.41, 5.74) is 2.80. The average molecular weight is 361 g/mol. The van der Waals surface area contributed by atoms with Gasteiger partial charge in [-0.15, -0.1) is 0 Å². The largest absolute Gasteiger partial charge is 0.461 e. The summed E-state index contributed by atoms with van der Waals surface area (Å²) in [5.74, 6) is 1.65. The van der Waals surface area contributed by atoms with E-state index in [4.69, 9.17) is 16.3 Å². The van der Waals surface area contributed by atoms with Crippen molar-refractivity contribution in [3.8, 4) is 5.75 Å². The molecule has 3 aromatic carbocycles. The van der Waals surface area contributed by atoms with Crippen LogP contribution < -0.4 is 4.74 Å². The molecule has 0 radical (unpaired) electrons. The quantitative estimate of drug-likeness (QED) is 0.530. The Morgan fingerprint density at radius 3 is 2.62 bits per heavy atom. The molecule has 0 N–H and O–H groups in total. The van der Waals surface area contributed by atoms with Crippen molar-refractivity contribution in [2.24, 2.45) is 0 Å². The van der Waals surface area contributed by atoms with E-state index in [2.05, 4.69) is 18.2 Å². The van der Waals surface area contributed by atoms with Crippen molar-refractivity contribution in [1.29, 1.82) is 0 Å². The number of carbonyl (C=O) groups is 1. The van der Waals surface area contributed by atoms with Crippen molar-refractivity contribution in [2.45, 2.75) is 25.2 Å². The number of hydrogen-bond donors (Lipinski definition) is 0. The summed E-state index contributed by atoms with van der Waals surface area (Å²) in [6.45, 7) is 0. The van der Waals surface area contributed by atoms with Crippen molar-refractivity contribution in [2.75, 3.05) is 0 Å². The van der Waals surface area contributed by atoms with Crippen molar-refractivity contribution < 1.29 is 9.53 Å². The van der Waals surface area contributed by atoms with E-state index in [1.54, 1.807) is 0 Å². The lowest BCUT2D eigenvalue weighted by atomic mass is 9.75. The molecule has 0 fully saturated rings. The fraction of sp³-hybridized carbons (Fsp3) is 0.174. The van der Waals surface area contributed by atoms with E-state index in [0.717, 1.165) is 51.8 Å². The van der Waals surface area contributed by atoms with Gasteiger partial charge in [-0.2, -0.15) is 0 Å². The van der Waals surface area contributed by atoms with Gasteiger partial charge in [-0.3, -0.25) is 4.79 Å². The molecule has 0 spiro atoms. The Balaban J connectivity index is 1.87. The van der Waals surface area contributed by atoms with Crippen LogP contribution in [0.25, 0.3) is 10.8 Å². The Hall–Kier alpha value is -2.58. The maximum atomic E-state index is 12.9. The second kappa shape index (κ2) is 6.00. The summed E-state index contributed by atoms with van der Waals surface area (Å²) in [4.78, 5) is 12.9. The van der Waals surface area contributed by atoms with Crippen LogP contribution in [0.4, 0.5) is 0 Å². The normalized spacial score (nSPS) is 19.1. The lowest BCUT2D eigenvalue weighted by Gasteiger charge is -2.34. The number of ketones is 1. The van der Waals surface area contributed by atoms with Crippen LogP contribution in [0, 0.1) is 0 Å². The minimum Gasteiger partial charge on any atom is -0.461 e. The molecule has 1 heterocycles. The molecule has 3 heteroatoms. The Morgan fingerprint density at radius 2 is 1.73 bits per heavy atom. The molecule has 1 aliphatic carbocycles. The number of rotatable bonds is 1. The first-order valence-corrected chi connectivity index (χ1v) is 9.32. The summed E-state index contributed by atoms with van der Waals surface area (Å²) in [5, 5.41) is 2.93. The summed E-state index contributed by atoms with van der Waals surface area (Å²) in [6.07, 6.45) is 2.22. The first-order chi connectivity index (χ1) is 12.7. The third-order valence-corrected chi connectivity index (χ3v) is 5.71. The Morgan fingerprint density at radius 1 is 0.923 bits per heavy atom. The van der Waals surface area contributed by atoms with Gasteiger partial charge in [-0.25, -0.2) is 0 Å². The Bertz CT molecular complexity index is 1080. The van der Waals surface area contributed by atoms with Crippen LogP contribution in [-0.4, -0.2) is 5.78 Å². The molecule has 1 atom stereocenters. The van der Waals surface area contributed by atoms with Crippen LogP contribution in [0.1, 0.15) is 36.3 Å². The second-order valence-electron chi connectivity index (χ2n) is 6.87. The highest BCUT2D eigenvalue weighted by Gasteiger charge is 2.38. The first-order valence-electron chi connectivity index (χ1n) is 8.94. The van der Waals surface area contributed by atoms with Crippen LogP contribution in [-0.2, 0) is 4.79 Å². The first kappa shape index (κ1) is 15.7. The van der Waals surface area contributed by atoms with Gasteiger partial charge in [-0.1, -0.05) is 60.1 Å². The van der Waals surface area contributed by atoms with Gasteiger partial charge in [0.25, 0.3) is 0 Å². The monoisotopic (exact) mass is 360 g/mol. The molecule has 3 aromatic rings. The number of Topliss-reactive ketones (excluding diaryl/α,β-unsaturated/α-hetero) is 1. The number of allylic oxidation sites excluding steroid dienone is 2. The van der Waals surface area contributed by atoms with Crippen molar-refractivity contribution in [3.63, 3.8) is 0 Å². The summed E-state index contributed by atoms with van der Waals surface area (Å²) in [6, 6.07) is 20.2. The number of fused-ring (bicyclic) bond motifs is 3. The predicted octanol–water partition coefficient (Wildman–Crippen LogP) is 6.02. The van der Waals surface area contributed by atoms with Crippen LogP contribution >= 0.6 is 11.6 Å². The average Bonchev–Trinajstić information content (AvgIpc) is 2.67. The van der Waals surface area contributed by atoms with E-state index in [-0.39, 0.29) is 11.7 Å². The molecule has 0 amide bonds. The molecular weight excluding hydrogens is 344 g/mol. The number of benzene rings is 3. The van der Waals surface area contributed by atoms with Gasteiger partial charge in [0, 0.05) is 34.9 Å². The maximum Gasteiger partial charge on any atom is 0.163 e. The standard InChI is InChI=1S/C23H17ClO2/c24-17-9-4-3-8-16(17)22-21-15-7-2-1-6-14(15)12-13-20(21)26-19-11-5-10-18(25)23(19)22/h1-4,6-9,12-13,22H,5,10-11H2. The number of hydrogen-bond acceptors (Lipinski definition) is 2. The van der Waals surface area contributed by atoms with Crippen LogP contribution in [0.3, 0.4) is 0 Å². The predicted molar refractivity (Wildman–Crippen MR) is 104 cm³/mol. The summed E-state index contributed by atoms with van der Waals surface area (Å²) in [7, 11) is 0. The lowest BCUT2D eigenvalue weighted by molar-refractivity contribution is -0.116. The van der Waals surface area contributed by atoms with Crippen molar-refractivity contribution in [1.82, 2.24) is 0 Å². The zero-order valence-corrected chi connectivity index (χ0v) is 14.9. The molecule has 26 heavy (non-hydrogen) atoms. The SMILES string of the molecule is O=C1CCCC2=C1C(c1ccccc1Cl)c1c(ccc3ccccc13)O2. The Labute approximate surface area is 157 Å². The highest BCUT2D eigenvalue weighted by molar-refractivity contribution is 6.31. The van der Waals surface area contributed by atoms with Gasteiger partial charge in [0.1, 0.15) is 11.5 Å². The third kappa shape index (κ3) is 2.29. The topological polar surface area (TPSA) is 26.3 Å². The minimum absolute atomic E-state index is 0.176. The van der Waals surface area contributed by atoms with Crippen LogP contribution in [0.5, 0.6) is 5.75 Å². The fourth-order valence-corrected chi connectivity index (χ4v) is 4.47. The van der Waals surface area contributed by atoms with Crippen LogP contribution in [0.15, 0.2) is 72.0 Å². The van der Waals surface area contributed by atoms with Gasteiger partial charge < -0.3 is 4.74 Å². The molecule has 2 aliphatic rings. The molecule has 0 bridgehead atoms. The highest BCUT2D eigenvalue weighted by Crippen LogP contribution is 2.50. The molecule has 1 aliphatic heterocycles. The van der Waals surface area contributed by atoms with E-state index < -0.39 is 0 Å². The highest BCUT2D eigenvalue weighted by atomic mass is 35.5. The van der Waals surface area contributed by atoms with E-state index >= 15 is 0 Å². The molecule has 0 saturated carbocycles. The maximum absolute atomic E-state index is 12.9. The smallest absolute Gasteiger partial charge is 0.163 e. The number of ether oxygens (including phenoxy) is 1. The van der Waals surface area contributed by atoms with Gasteiger partial charge in [0.05, 0.1) is 0 Å². The lowest BCUT2D eigenvalue weighted by Crippen LogP contribution is -2.25. The molecule has 0 saturated heterocycles. The number of halogens is 1. The van der Waals surface area contributed by atoms with E-state index in [1.807, 2.05) is 42.5 Å². The molecule has 2 nitrogen and oxygen atoms in total. The van der Waals surface area contributed by atoms with Crippen molar-refractivity contribution >= 4 is 28.2 Å².